The second-order valence-electron chi connectivity index (χ2n) is 5.09. The average molecular weight is 243 g/mol. The highest BCUT2D eigenvalue weighted by Gasteiger charge is 2.45. The van der Waals surface area contributed by atoms with Gasteiger partial charge in [-0.05, 0) is 13.3 Å². The Kier molecular flexibility index (Phi) is 5.92. The number of carbonyl (C=O) groups is 1. The van der Waals surface area contributed by atoms with E-state index in [0.29, 0.717) is 19.8 Å². The number of hydrogen-bond acceptors (Lipinski definition) is 4. The molecule has 2 N–H and O–H groups in total. The van der Waals surface area contributed by atoms with E-state index in [1.807, 2.05) is 6.92 Å². The maximum Gasteiger partial charge on any atom is 0.315 e. The van der Waals surface area contributed by atoms with E-state index >= 15 is 0 Å². The van der Waals surface area contributed by atoms with Gasteiger partial charge in [-0.15, -0.1) is 0 Å². The average Bonchev–Trinajstić information content (AvgIpc) is 2.65. The fraction of sp³-hybridized carbons (Fsp3) is 0.923. The number of hydrogen-bond donors (Lipinski definition) is 1. The quantitative estimate of drug-likeness (QED) is 0.547. The van der Waals surface area contributed by atoms with Crippen LogP contribution in [-0.2, 0) is 14.3 Å². The molecule has 0 aromatic carbocycles. The van der Waals surface area contributed by atoms with E-state index in [-0.39, 0.29) is 12.0 Å². The molecule has 0 amide bonds. The van der Waals surface area contributed by atoms with Crippen molar-refractivity contribution in [3.63, 3.8) is 0 Å². The van der Waals surface area contributed by atoms with Crippen molar-refractivity contribution in [3.05, 3.63) is 0 Å². The highest BCUT2D eigenvalue weighted by molar-refractivity contribution is 5.78. The van der Waals surface area contributed by atoms with E-state index in [9.17, 15) is 4.79 Å². The van der Waals surface area contributed by atoms with Gasteiger partial charge >= 0.3 is 5.97 Å². The van der Waals surface area contributed by atoms with Gasteiger partial charge in [0.25, 0.3) is 0 Å². The number of ether oxygens (including phenoxy) is 2. The summed E-state index contributed by atoms with van der Waals surface area (Å²) in [5.41, 5.74) is 5.21. The predicted octanol–water partition coefficient (Wildman–Crippen LogP) is 1.86. The van der Waals surface area contributed by atoms with Gasteiger partial charge < -0.3 is 15.2 Å². The van der Waals surface area contributed by atoms with Crippen LogP contribution in [0.5, 0.6) is 0 Å². The molecule has 0 bridgehead atoms. The first-order valence-electron chi connectivity index (χ1n) is 6.62. The number of unbranched alkanes of at least 4 members (excludes halogenated alkanes) is 4. The van der Waals surface area contributed by atoms with Gasteiger partial charge in [0, 0.05) is 6.04 Å². The van der Waals surface area contributed by atoms with Gasteiger partial charge in [-0.2, -0.15) is 0 Å². The van der Waals surface area contributed by atoms with E-state index in [0.717, 1.165) is 12.8 Å². The smallest absolute Gasteiger partial charge is 0.315 e. The highest BCUT2D eigenvalue weighted by atomic mass is 16.5. The first-order chi connectivity index (χ1) is 8.11. The van der Waals surface area contributed by atoms with Crippen LogP contribution >= 0.6 is 0 Å². The lowest BCUT2D eigenvalue weighted by atomic mass is 9.86. The molecule has 4 heteroatoms. The van der Waals surface area contributed by atoms with Crippen LogP contribution in [0.25, 0.3) is 0 Å². The Bertz CT molecular complexity index is 245. The molecule has 1 saturated heterocycles. The van der Waals surface area contributed by atoms with Crippen molar-refractivity contribution < 1.29 is 14.3 Å². The van der Waals surface area contributed by atoms with Crippen LogP contribution in [0.15, 0.2) is 0 Å². The topological polar surface area (TPSA) is 61.5 Å². The lowest BCUT2D eigenvalue weighted by Gasteiger charge is -2.24. The van der Waals surface area contributed by atoms with Gasteiger partial charge in [0.15, 0.2) is 0 Å². The molecule has 0 radical (unpaired) electrons. The molecule has 4 nitrogen and oxygen atoms in total. The molecular weight excluding hydrogens is 218 g/mol. The summed E-state index contributed by atoms with van der Waals surface area (Å²) >= 11 is 0. The Morgan fingerprint density at radius 1 is 1.41 bits per heavy atom. The lowest BCUT2D eigenvalue weighted by Crippen LogP contribution is -2.45. The Morgan fingerprint density at radius 3 is 2.71 bits per heavy atom. The normalized spacial score (nSPS) is 28.3. The van der Waals surface area contributed by atoms with E-state index in [1.165, 1.54) is 19.3 Å². The molecule has 100 valence electrons. The molecule has 0 aromatic heterocycles. The van der Waals surface area contributed by atoms with Crippen molar-refractivity contribution in [2.45, 2.75) is 52.0 Å². The molecule has 1 rings (SSSR count). The summed E-state index contributed by atoms with van der Waals surface area (Å²) in [6.45, 7) is 5.34. The maximum absolute atomic E-state index is 11.9. The van der Waals surface area contributed by atoms with Crippen molar-refractivity contribution >= 4 is 5.97 Å². The summed E-state index contributed by atoms with van der Waals surface area (Å²) < 4.78 is 10.5. The van der Waals surface area contributed by atoms with Crippen molar-refractivity contribution in [2.75, 3.05) is 19.8 Å². The molecule has 0 aliphatic carbocycles. The Morgan fingerprint density at radius 2 is 2.12 bits per heavy atom. The first kappa shape index (κ1) is 14.5. The maximum atomic E-state index is 11.9. The number of rotatable bonds is 7. The summed E-state index contributed by atoms with van der Waals surface area (Å²) in [5, 5.41) is 0. The van der Waals surface area contributed by atoms with Crippen LogP contribution in [-0.4, -0.2) is 31.8 Å². The molecule has 2 atom stereocenters. The van der Waals surface area contributed by atoms with Gasteiger partial charge in [-0.3, -0.25) is 4.79 Å². The largest absolute Gasteiger partial charge is 0.465 e. The molecule has 1 aliphatic heterocycles. The summed E-state index contributed by atoms with van der Waals surface area (Å²) in [4.78, 5) is 11.9. The standard InChI is InChI=1S/C13H25NO3/c1-3-4-5-6-7-8-17-12(15)13(2)10-16-9-11(13)14/h11H,3-10,14H2,1-2H3. The van der Waals surface area contributed by atoms with Crippen LogP contribution in [0.2, 0.25) is 0 Å². The van der Waals surface area contributed by atoms with E-state index in [4.69, 9.17) is 15.2 Å². The van der Waals surface area contributed by atoms with Gasteiger partial charge in [0.1, 0.15) is 5.41 Å². The molecule has 17 heavy (non-hydrogen) atoms. The minimum atomic E-state index is -0.649. The summed E-state index contributed by atoms with van der Waals surface area (Å²) in [6, 6.07) is -0.241. The third kappa shape index (κ3) is 3.96. The Balaban J connectivity index is 2.16. The van der Waals surface area contributed by atoms with E-state index in [2.05, 4.69) is 6.92 Å². The number of esters is 1. The molecule has 0 spiro atoms. The predicted molar refractivity (Wildman–Crippen MR) is 66.6 cm³/mol. The zero-order valence-corrected chi connectivity index (χ0v) is 11.0. The fourth-order valence-electron chi connectivity index (χ4n) is 1.93. The van der Waals surface area contributed by atoms with Gasteiger partial charge in [0.2, 0.25) is 0 Å². The van der Waals surface area contributed by atoms with Crippen LogP contribution in [0.3, 0.4) is 0 Å². The van der Waals surface area contributed by atoms with Crippen LogP contribution in [0, 0.1) is 5.41 Å². The minimum absolute atomic E-state index is 0.210. The number of nitrogens with two attached hydrogens (primary N) is 1. The second kappa shape index (κ2) is 6.97. The summed E-state index contributed by atoms with van der Waals surface area (Å²) in [6.07, 6.45) is 5.76. The van der Waals surface area contributed by atoms with Crippen molar-refractivity contribution in [2.24, 2.45) is 11.1 Å². The third-order valence-electron chi connectivity index (χ3n) is 3.47. The van der Waals surface area contributed by atoms with Gasteiger partial charge in [-0.25, -0.2) is 0 Å². The van der Waals surface area contributed by atoms with Crippen LogP contribution < -0.4 is 5.73 Å². The zero-order valence-electron chi connectivity index (χ0n) is 11.0. The monoisotopic (exact) mass is 243 g/mol. The summed E-state index contributed by atoms with van der Waals surface area (Å²) in [7, 11) is 0. The molecule has 1 fully saturated rings. The second-order valence-corrected chi connectivity index (χ2v) is 5.09. The first-order valence-corrected chi connectivity index (χ1v) is 6.62. The Labute approximate surface area is 104 Å². The fourth-order valence-corrected chi connectivity index (χ4v) is 1.93. The molecule has 1 aliphatic rings. The van der Waals surface area contributed by atoms with Gasteiger partial charge in [0.05, 0.1) is 19.8 Å². The van der Waals surface area contributed by atoms with Gasteiger partial charge in [-0.1, -0.05) is 32.6 Å². The minimum Gasteiger partial charge on any atom is -0.465 e. The van der Waals surface area contributed by atoms with Crippen molar-refractivity contribution in [1.29, 1.82) is 0 Å². The SMILES string of the molecule is CCCCCCCOC(=O)C1(C)COCC1N. The highest BCUT2D eigenvalue weighted by Crippen LogP contribution is 2.28. The van der Waals surface area contributed by atoms with Crippen molar-refractivity contribution in [1.82, 2.24) is 0 Å². The molecule has 0 aromatic rings. The van der Waals surface area contributed by atoms with E-state index in [1.54, 1.807) is 0 Å². The molecule has 2 unspecified atom stereocenters. The van der Waals surface area contributed by atoms with E-state index < -0.39 is 5.41 Å². The summed E-state index contributed by atoms with van der Waals surface area (Å²) in [5.74, 6) is -0.210. The third-order valence-corrected chi connectivity index (χ3v) is 3.47. The van der Waals surface area contributed by atoms with Crippen LogP contribution in [0.1, 0.15) is 46.0 Å². The zero-order chi connectivity index (χ0) is 12.7. The lowest BCUT2D eigenvalue weighted by molar-refractivity contribution is -0.155. The Hall–Kier alpha value is -0.610. The molecular formula is C13H25NO3. The van der Waals surface area contributed by atoms with Crippen molar-refractivity contribution in [3.8, 4) is 0 Å². The molecule has 1 heterocycles. The van der Waals surface area contributed by atoms with Crippen LogP contribution in [0.4, 0.5) is 0 Å². The number of carbonyl (C=O) groups excluding carboxylic acids is 1. The molecule has 0 saturated carbocycles.